The van der Waals surface area contributed by atoms with Crippen molar-refractivity contribution in [2.45, 2.75) is 77.8 Å². The van der Waals surface area contributed by atoms with Gasteiger partial charge >= 0.3 is 28.4 Å². The van der Waals surface area contributed by atoms with E-state index in [9.17, 15) is 0 Å². The summed E-state index contributed by atoms with van der Waals surface area (Å²) in [5.41, 5.74) is 0. The average Bonchev–Trinajstić information content (AvgIpc) is 3.55. The summed E-state index contributed by atoms with van der Waals surface area (Å²) in [4.78, 5) is 0. The summed E-state index contributed by atoms with van der Waals surface area (Å²) in [6.45, 7) is 14.3. The second-order valence-electron chi connectivity index (χ2n) is 9.35. The Kier molecular flexibility index (Phi) is 16.8. The van der Waals surface area contributed by atoms with E-state index in [1.807, 2.05) is 0 Å². The first-order valence-corrected chi connectivity index (χ1v) is 20.2. The molecule has 0 N–H and O–H groups in total. The van der Waals surface area contributed by atoms with E-state index in [2.05, 4.69) is 119 Å². The Morgan fingerprint density at radius 2 is 0.833 bits per heavy atom. The van der Waals surface area contributed by atoms with Gasteiger partial charge in [0.2, 0.25) is 0 Å². The number of halogens is 2. The van der Waals surface area contributed by atoms with E-state index in [1.54, 1.807) is 10.4 Å². The van der Waals surface area contributed by atoms with Gasteiger partial charge in [-0.15, -0.1) is 59.3 Å². The van der Waals surface area contributed by atoms with Gasteiger partial charge in [0, 0.05) is 16.1 Å². The van der Waals surface area contributed by atoms with Crippen LogP contribution in [0.3, 0.4) is 0 Å². The summed E-state index contributed by atoms with van der Waals surface area (Å²) in [7, 11) is -2.41. The molecule has 0 unspecified atom stereocenters. The molecule has 0 nitrogen and oxygen atoms in total. The normalized spacial score (nSPS) is 11.0. The first-order chi connectivity index (χ1) is 16.5. The fraction of sp³-hybridized carbons (Fsp3) is 0.387. The van der Waals surface area contributed by atoms with Crippen LogP contribution >= 0.6 is 0 Å². The Morgan fingerprint density at radius 3 is 1.11 bits per heavy atom. The van der Waals surface area contributed by atoms with E-state index >= 15 is 0 Å². The monoisotopic (exact) mass is 632 g/mol. The number of hydrogen-bond donors (Lipinski definition) is 0. The number of benzene rings is 2. The van der Waals surface area contributed by atoms with E-state index in [1.165, 1.54) is 82.0 Å². The Morgan fingerprint density at radius 1 is 0.556 bits per heavy atom. The predicted molar refractivity (Wildman–Crippen MR) is 160 cm³/mol. The van der Waals surface area contributed by atoms with E-state index in [0.717, 1.165) is 0 Å². The fourth-order valence-corrected chi connectivity index (χ4v) is 13.6. The summed E-state index contributed by atoms with van der Waals surface area (Å²) < 4.78 is 3.34. The standard InChI is InChI=1S/2C15H21Si.CH2.2ClH.Zr/c2*1-4-16(5-2,6-3)15-12-11-13-9-7-8-10-14(13)15;;;;/h2*7-12H,4-6H2,1-3H3;1H2;2*1H;/q2*-1;;;;+2/p-2. The SMILES string of the molecule is CC[Si](CC)(CC)c1c[cH-]c2ccccc12.CC[Si](CC)(CC)c1c[cH-]c2ccccc12.[CH2]=[Zr+2].[Cl-].[Cl-]. The maximum Gasteiger partial charge on any atom is -1.00 e. The molecule has 0 aromatic heterocycles. The smallest absolute Gasteiger partial charge is 1.00 e. The number of rotatable bonds is 8. The van der Waals surface area contributed by atoms with Gasteiger partial charge in [0.05, 0.1) is 0 Å². The van der Waals surface area contributed by atoms with Gasteiger partial charge in [0.25, 0.3) is 0 Å². The van der Waals surface area contributed by atoms with Crippen LogP contribution in [0.4, 0.5) is 0 Å². The molecule has 0 radical (unpaired) electrons. The van der Waals surface area contributed by atoms with Crippen molar-refractivity contribution in [3.05, 3.63) is 72.8 Å². The molecule has 0 heterocycles. The van der Waals surface area contributed by atoms with Crippen LogP contribution in [0, 0.1) is 0 Å². The van der Waals surface area contributed by atoms with Gasteiger partial charge in [-0.2, -0.15) is 33.3 Å². The quantitative estimate of drug-likeness (QED) is 0.207. The second kappa shape index (κ2) is 17.1. The third kappa shape index (κ3) is 7.29. The molecule has 0 atom stereocenters. The zero-order chi connectivity index (χ0) is 25.2. The maximum atomic E-state index is 3.34. The molecule has 196 valence electrons. The van der Waals surface area contributed by atoms with Gasteiger partial charge in [0.1, 0.15) is 0 Å². The van der Waals surface area contributed by atoms with Crippen molar-refractivity contribution in [3.8, 4) is 0 Å². The first-order valence-electron chi connectivity index (χ1n) is 13.2. The molecule has 4 aromatic rings. The fourth-order valence-electron chi connectivity index (χ4n) is 5.87. The molecule has 4 rings (SSSR count). The third-order valence-corrected chi connectivity index (χ3v) is 19.8. The number of fused-ring (bicyclic) bond motifs is 2. The maximum absolute atomic E-state index is 3.34. The van der Waals surface area contributed by atoms with Gasteiger partial charge in [-0.3, -0.25) is 0 Å². The molecule has 0 aliphatic heterocycles. The minimum Gasteiger partial charge on any atom is -1.00 e. The largest absolute Gasteiger partial charge is 1.00 e. The van der Waals surface area contributed by atoms with Crippen LogP contribution in [-0.4, -0.2) is 20.4 Å². The molecule has 0 fully saturated rings. The summed E-state index contributed by atoms with van der Waals surface area (Å²) in [5.74, 6) is 0. The van der Waals surface area contributed by atoms with Crippen LogP contribution in [0.25, 0.3) is 21.5 Å². The van der Waals surface area contributed by atoms with Gasteiger partial charge in [-0.25, -0.2) is 0 Å². The molecule has 0 saturated carbocycles. The van der Waals surface area contributed by atoms with Crippen molar-refractivity contribution < 1.29 is 49.0 Å². The zero-order valence-electron chi connectivity index (χ0n) is 23.1. The van der Waals surface area contributed by atoms with E-state index in [0.29, 0.717) is 0 Å². The van der Waals surface area contributed by atoms with Crippen LogP contribution in [0.2, 0.25) is 36.3 Å². The van der Waals surface area contributed by atoms with E-state index in [4.69, 9.17) is 0 Å². The van der Waals surface area contributed by atoms with Gasteiger partial charge in [-0.1, -0.05) is 89.9 Å². The van der Waals surface area contributed by atoms with Crippen molar-refractivity contribution in [2.24, 2.45) is 0 Å². The van der Waals surface area contributed by atoms with E-state index < -0.39 is 16.1 Å². The molecule has 36 heavy (non-hydrogen) atoms. The molecule has 0 aliphatic carbocycles. The molecule has 4 aromatic carbocycles. The van der Waals surface area contributed by atoms with Gasteiger partial charge in [-0.05, 0) is 0 Å². The first kappa shape index (κ1) is 35.4. The van der Waals surface area contributed by atoms with Crippen LogP contribution in [0.5, 0.6) is 0 Å². The molecular formula is C31H44Cl2Si2Zr-2. The van der Waals surface area contributed by atoms with Crippen molar-refractivity contribution in [1.29, 1.82) is 0 Å². The van der Waals surface area contributed by atoms with Crippen molar-refractivity contribution in [1.82, 2.24) is 0 Å². The summed E-state index contributed by atoms with van der Waals surface area (Å²) in [6.07, 6.45) is 0. The van der Waals surface area contributed by atoms with Crippen LogP contribution in [-0.2, 0) is 24.2 Å². The van der Waals surface area contributed by atoms with Crippen LogP contribution < -0.4 is 35.2 Å². The topological polar surface area (TPSA) is 0 Å². The minimum absolute atomic E-state index is 0. The van der Waals surface area contributed by atoms with Crippen molar-refractivity contribution in [2.75, 3.05) is 0 Å². The third-order valence-electron chi connectivity index (χ3n) is 8.56. The Hall–Kier alpha value is -0.573. The molecule has 0 aliphatic rings. The Labute approximate surface area is 250 Å². The van der Waals surface area contributed by atoms with E-state index in [-0.39, 0.29) is 24.8 Å². The van der Waals surface area contributed by atoms with Gasteiger partial charge < -0.3 is 24.8 Å². The summed E-state index contributed by atoms with van der Waals surface area (Å²) in [5, 5.41) is 9.25. The Balaban J connectivity index is 0.000000605. The number of hydrogen-bond acceptors (Lipinski definition) is 0. The minimum atomic E-state index is -1.21. The summed E-state index contributed by atoms with van der Waals surface area (Å²) >= 11 is 1.30. The molecule has 0 bridgehead atoms. The predicted octanol–water partition coefficient (Wildman–Crippen LogP) is 2.52. The molecule has 0 amide bonds. The molecule has 5 heteroatoms. The summed E-state index contributed by atoms with van der Waals surface area (Å²) in [6, 6.07) is 35.3. The Bertz CT molecular complexity index is 1030. The molecular weight excluding hydrogens is 591 g/mol. The van der Waals surface area contributed by atoms with Crippen LogP contribution in [0.15, 0.2) is 72.8 Å². The van der Waals surface area contributed by atoms with Gasteiger partial charge in [0.15, 0.2) is 0 Å². The van der Waals surface area contributed by atoms with Crippen molar-refractivity contribution in [3.63, 3.8) is 0 Å². The average molecular weight is 635 g/mol. The molecule has 0 spiro atoms. The second-order valence-corrected chi connectivity index (χ2v) is 19.8. The zero-order valence-corrected chi connectivity index (χ0v) is 29.1. The molecule has 0 saturated heterocycles. The van der Waals surface area contributed by atoms with Crippen LogP contribution in [0.1, 0.15) is 41.5 Å². The van der Waals surface area contributed by atoms with Crippen molar-refractivity contribution >= 4 is 52.3 Å².